The third-order valence-corrected chi connectivity index (χ3v) is 5.48. The summed E-state index contributed by atoms with van der Waals surface area (Å²) in [7, 11) is 4.67. The average molecular weight is 467 g/mol. The highest BCUT2D eigenvalue weighted by Gasteiger charge is 2.22. The molecule has 0 aliphatic rings. The second kappa shape index (κ2) is 9.51. The molecule has 0 unspecified atom stereocenters. The van der Waals surface area contributed by atoms with Crippen molar-refractivity contribution in [3.63, 3.8) is 0 Å². The van der Waals surface area contributed by atoms with E-state index in [1.54, 1.807) is 39.5 Å². The van der Waals surface area contributed by atoms with E-state index < -0.39 is 5.97 Å². The van der Waals surface area contributed by atoms with Crippen LogP contribution >= 0.6 is 0 Å². The molecule has 0 aliphatic heterocycles. The van der Waals surface area contributed by atoms with E-state index in [0.717, 1.165) is 22.3 Å². The van der Waals surface area contributed by atoms with E-state index in [0.29, 0.717) is 29.5 Å². The molecule has 4 rings (SSSR count). The van der Waals surface area contributed by atoms with Crippen LogP contribution in [0.25, 0.3) is 16.7 Å². The van der Waals surface area contributed by atoms with Gasteiger partial charge in [0.05, 0.1) is 38.5 Å². The molecule has 4 aromatic rings. The van der Waals surface area contributed by atoms with Gasteiger partial charge in [-0.1, -0.05) is 0 Å². The number of halogens is 1. The van der Waals surface area contributed by atoms with Gasteiger partial charge in [-0.2, -0.15) is 0 Å². The van der Waals surface area contributed by atoms with Gasteiger partial charge in [0.1, 0.15) is 11.5 Å². The van der Waals surface area contributed by atoms with Crippen molar-refractivity contribution in [3.8, 4) is 22.9 Å². The Morgan fingerprint density at radius 3 is 2.12 bits per heavy atom. The first-order valence-electron chi connectivity index (χ1n) is 10.8. The molecule has 0 aliphatic carbocycles. The summed E-state index contributed by atoms with van der Waals surface area (Å²) in [6.45, 7) is 3.97. The van der Waals surface area contributed by atoms with Crippen molar-refractivity contribution in [2.75, 3.05) is 21.3 Å². The number of carbonyl (C=O) groups excluding carboxylic acids is 1. The molecule has 2 aromatic heterocycles. The highest BCUT2D eigenvalue weighted by atomic mass is 19.1. The third kappa shape index (κ3) is 4.31. The van der Waals surface area contributed by atoms with Crippen molar-refractivity contribution in [3.05, 3.63) is 71.8 Å². The predicted octanol–water partition coefficient (Wildman–Crippen LogP) is 5.21. The van der Waals surface area contributed by atoms with E-state index in [1.807, 2.05) is 47.4 Å². The normalized spacial score (nSPS) is 11.1. The molecule has 7 nitrogen and oxygen atoms in total. The number of rotatable bonds is 8. The molecule has 2 aromatic carbocycles. The van der Waals surface area contributed by atoms with Gasteiger partial charge in [0, 0.05) is 18.4 Å². The topological polar surface area (TPSA) is 63.9 Å². The van der Waals surface area contributed by atoms with Gasteiger partial charge in [-0.25, -0.2) is 9.18 Å². The fraction of sp³-hybridized carbons (Fsp3) is 0.269. The second-order valence-corrected chi connectivity index (χ2v) is 8.04. The maximum absolute atomic E-state index is 13.5. The molecule has 0 saturated carbocycles. The number of hydrogen-bond acceptors (Lipinski definition) is 5. The lowest BCUT2D eigenvalue weighted by Gasteiger charge is -2.16. The summed E-state index contributed by atoms with van der Waals surface area (Å²) in [5.41, 5.74) is 3.66. The summed E-state index contributed by atoms with van der Waals surface area (Å²) in [5, 5.41) is 0. The molecule has 0 radical (unpaired) electrons. The zero-order chi connectivity index (χ0) is 24.4. The number of carbonyl (C=O) groups is 1. The zero-order valence-electron chi connectivity index (χ0n) is 19.8. The monoisotopic (exact) mass is 466 g/mol. The van der Waals surface area contributed by atoms with E-state index in [-0.39, 0.29) is 11.9 Å². The van der Waals surface area contributed by atoms with Crippen molar-refractivity contribution in [2.24, 2.45) is 0 Å². The quantitative estimate of drug-likeness (QED) is 0.334. The van der Waals surface area contributed by atoms with Gasteiger partial charge < -0.3 is 28.1 Å². The van der Waals surface area contributed by atoms with Crippen LogP contribution in [0, 0.1) is 5.82 Å². The first kappa shape index (κ1) is 23.2. The minimum atomic E-state index is -0.427. The molecular formula is C26H27FN2O5. The van der Waals surface area contributed by atoms with Crippen molar-refractivity contribution in [2.45, 2.75) is 26.5 Å². The lowest BCUT2D eigenvalue weighted by Crippen LogP contribution is -2.16. The molecule has 0 amide bonds. The molecule has 34 heavy (non-hydrogen) atoms. The number of methoxy groups -OCH3 is 3. The molecule has 0 N–H and O–H groups in total. The summed E-state index contributed by atoms with van der Waals surface area (Å²) in [6.07, 6.45) is 1.62. The van der Waals surface area contributed by atoms with Gasteiger partial charge in [0.2, 0.25) is 5.75 Å². The highest BCUT2D eigenvalue weighted by molar-refractivity contribution is 5.95. The number of nitrogens with zero attached hydrogens (tertiary/aromatic N) is 2. The Morgan fingerprint density at radius 1 is 0.912 bits per heavy atom. The fourth-order valence-electron chi connectivity index (χ4n) is 3.99. The van der Waals surface area contributed by atoms with Gasteiger partial charge in [-0.15, -0.1) is 0 Å². The zero-order valence-corrected chi connectivity index (χ0v) is 19.8. The van der Waals surface area contributed by atoms with Crippen molar-refractivity contribution >= 4 is 17.0 Å². The number of hydrogen-bond donors (Lipinski definition) is 0. The molecule has 0 bridgehead atoms. The Morgan fingerprint density at radius 2 is 1.56 bits per heavy atom. The summed E-state index contributed by atoms with van der Waals surface area (Å²) in [4.78, 5) is 13.0. The Labute approximate surface area is 197 Å². The molecule has 178 valence electrons. The highest BCUT2D eigenvalue weighted by Crippen LogP contribution is 2.39. The number of aromatic nitrogens is 2. The van der Waals surface area contributed by atoms with Gasteiger partial charge in [0.25, 0.3) is 0 Å². The Bertz CT molecular complexity index is 1300. The van der Waals surface area contributed by atoms with Gasteiger partial charge in [0.15, 0.2) is 11.5 Å². The first-order chi connectivity index (χ1) is 16.4. The molecule has 0 atom stereocenters. The minimum Gasteiger partial charge on any atom is -0.493 e. The van der Waals surface area contributed by atoms with Crippen LogP contribution in [-0.4, -0.2) is 42.5 Å². The minimum absolute atomic E-state index is 0.268. The van der Waals surface area contributed by atoms with Crippen LogP contribution in [0.2, 0.25) is 0 Å². The Kier molecular flexibility index (Phi) is 6.49. The molecule has 0 saturated heterocycles. The van der Waals surface area contributed by atoms with E-state index in [9.17, 15) is 9.18 Å². The third-order valence-electron chi connectivity index (χ3n) is 5.48. The summed E-state index contributed by atoms with van der Waals surface area (Å²) < 4.78 is 39.2. The Balaban J connectivity index is 1.85. The smallest absolute Gasteiger partial charge is 0.355 e. The average Bonchev–Trinajstić information content (AvgIpc) is 3.38. The number of fused-ring (bicyclic) bond motifs is 1. The lowest BCUT2D eigenvalue weighted by molar-refractivity contribution is 0.0366. The van der Waals surface area contributed by atoms with Crippen LogP contribution in [0.4, 0.5) is 4.39 Å². The van der Waals surface area contributed by atoms with Gasteiger partial charge in [-0.3, -0.25) is 0 Å². The van der Waals surface area contributed by atoms with Crippen LogP contribution in [0.3, 0.4) is 0 Å². The molecule has 0 spiro atoms. The maximum Gasteiger partial charge on any atom is 0.355 e. The summed E-state index contributed by atoms with van der Waals surface area (Å²) >= 11 is 0. The van der Waals surface area contributed by atoms with Crippen LogP contribution in [-0.2, 0) is 11.3 Å². The van der Waals surface area contributed by atoms with Crippen LogP contribution < -0.4 is 14.2 Å². The van der Waals surface area contributed by atoms with E-state index in [4.69, 9.17) is 18.9 Å². The number of ether oxygens (including phenoxy) is 4. The van der Waals surface area contributed by atoms with Crippen LogP contribution in [0.15, 0.2) is 54.7 Å². The predicted molar refractivity (Wildman–Crippen MR) is 127 cm³/mol. The van der Waals surface area contributed by atoms with Crippen molar-refractivity contribution in [1.29, 1.82) is 0 Å². The first-order valence-corrected chi connectivity index (χ1v) is 10.8. The molecule has 0 fully saturated rings. The fourth-order valence-corrected chi connectivity index (χ4v) is 3.99. The molecule has 8 heteroatoms. The van der Waals surface area contributed by atoms with Crippen molar-refractivity contribution < 1.29 is 28.1 Å². The molecule has 2 heterocycles. The summed E-state index contributed by atoms with van der Waals surface area (Å²) in [5.74, 6) is 0.803. The van der Waals surface area contributed by atoms with Crippen molar-refractivity contribution in [1.82, 2.24) is 9.13 Å². The standard InChI is InChI=1S/C26H27FN2O5/c1-16(2)34-26(30)22-14-21-20(10-11-28(21)19-8-6-18(27)7-9-19)29(22)15-17-12-23(31-3)25(33-5)24(13-17)32-4/h6-14,16H,15H2,1-5H3. The van der Waals surface area contributed by atoms with E-state index in [1.165, 1.54) is 12.1 Å². The summed E-state index contributed by atoms with van der Waals surface area (Å²) in [6, 6.07) is 13.6. The lowest BCUT2D eigenvalue weighted by atomic mass is 10.1. The van der Waals surface area contributed by atoms with Crippen LogP contribution in [0.5, 0.6) is 17.2 Å². The van der Waals surface area contributed by atoms with Gasteiger partial charge >= 0.3 is 5.97 Å². The van der Waals surface area contributed by atoms with E-state index in [2.05, 4.69) is 0 Å². The van der Waals surface area contributed by atoms with E-state index >= 15 is 0 Å². The number of benzene rings is 2. The molecular weight excluding hydrogens is 439 g/mol. The SMILES string of the molecule is COc1cc(Cn2c(C(=O)OC(C)C)cc3c2ccn3-c2ccc(F)cc2)cc(OC)c1OC. The number of esters is 1. The largest absolute Gasteiger partial charge is 0.493 e. The van der Waals surface area contributed by atoms with Crippen LogP contribution in [0.1, 0.15) is 29.9 Å². The maximum atomic E-state index is 13.5. The van der Waals surface area contributed by atoms with Gasteiger partial charge in [-0.05, 0) is 67.9 Å². The Hall–Kier alpha value is -3.94. The second-order valence-electron chi connectivity index (χ2n) is 8.04.